The van der Waals surface area contributed by atoms with Crippen molar-refractivity contribution < 1.29 is 3.07 Å². The van der Waals surface area contributed by atoms with Crippen molar-refractivity contribution in [3.63, 3.8) is 0 Å². The van der Waals surface area contributed by atoms with Gasteiger partial charge in [-0.15, -0.1) is 0 Å². The lowest BCUT2D eigenvalue weighted by atomic mass is 9.78. The molecule has 0 N–H and O–H groups in total. The summed E-state index contributed by atoms with van der Waals surface area (Å²) in [5.41, 5.74) is 4.09. The van der Waals surface area contributed by atoms with Crippen molar-refractivity contribution in [2.45, 2.75) is 59.3 Å². The normalized spacial score (nSPS) is 12.7. The minimum Gasteiger partial charge on any atom is -0.427 e. The van der Waals surface area contributed by atoms with Gasteiger partial charge in [0.25, 0.3) is 0 Å². The maximum atomic E-state index is 5.65. The number of halogens is 1. The van der Waals surface area contributed by atoms with Gasteiger partial charge in [0.2, 0.25) is 0 Å². The molecule has 0 saturated carbocycles. The maximum Gasteiger partial charge on any atom is 0.192 e. The molecule has 0 fully saturated rings. The number of hydrogen-bond donors (Lipinski definition) is 0. The fourth-order valence-electron chi connectivity index (χ4n) is 1.97. The highest BCUT2D eigenvalue weighted by Gasteiger charge is 2.27. The number of benzene rings is 1. The Morgan fingerprint density at radius 3 is 1.47 bits per heavy atom. The van der Waals surface area contributed by atoms with E-state index in [0.717, 1.165) is 5.75 Å². The second kappa shape index (κ2) is 4.79. The number of rotatable bonds is 1. The van der Waals surface area contributed by atoms with Gasteiger partial charge in [0.15, 0.2) is 23.0 Å². The molecule has 1 nitrogen and oxygen atoms in total. The molecule has 1 aromatic carbocycles. The molecule has 1 rings (SSSR count). The Kier molecular flexibility index (Phi) is 4.17. The molecule has 0 aliphatic rings. The lowest BCUT2D eigenvalue weighted by Crippen LogP contribution is -2.18. The number of hydrogen-bond acceptors (Lipinski definition) is 1. The largest absolute Gasteiger partial charge is 0.427 e. The van der Waals surface area contributed by atoms with E-state index >= 15 is 0 Å². The van der Waals surface area contributed by atoms with E-state index in [2.05, 4.69) is 60.6 Å². The molecule has 0 aliphatic carbocycles. The summed E-state index contributed by atoms with van der Waals surface area (Å²) in [5, 5.41) is 0. The average Bonchev–Trinajstić information content (AvgIpc) is 2.13. The Morgan fingerprint density at radius 1 is 0.882 bits per heavy atom. The smallest absolute Gasteiger partial charge is 0.192 e. The molecule has 96 valence electrons. The fraction of sp³-hybridized carbons (Fsp3) is 0.600. The summed E-state index contributed by atoms with van der Waals surface area (Å²) in [6.07, 6.45) is 0. The zero-order valence-corrected chi connectivity index (χ0v) is 14.1. The van der Waals surface area contributed by atoms with Gasteiger partial charge in [0.1, 0.15) is 5.75 Å². The van der Waals surface area contributed by atoms with Gasteiger partial charge in [-0.2, -0.15) is 0 Å². The Morgan fingerprint density at radius 2 is 1.24 bits per heavy atom. The van der Waals surface area contributed by atoms with Crippen LogP contribution in [0.3, 0.4) is 0 Å². The molecule has 0 heterocycles. The minimum atomic E-state index is 0.104. The van der Waals surface area contributed by atoms with Crippen molar-refractivity contribution in [2.75, 3.05) is 0 Å². The van der Waals surface area contributed by atoms with Gasteiger partial charge >= 0.3 is 0 Å². The summed E-state index contributed by atoms with van der Waals surface area (Å²) in [7, 11) is 0. The molecule has 0 saturated heterocycles. The molecule has 1 aromatic rings. The summed E-state index contributed by atoms with van der Waals surface area (Å²) < 4.78 is 5.65. The Balaban J connectivity index is 3.58. The summed E-state index contributed by atoms with van der Waals surface area (Å²) in [6.45, 7) is 15.5. The van der Waals surface area contributed by atoms with E-state index in [1.165, 1.54) is 16.7 Å². The fourth-order valence-corrected chi connectivity index (χ4v) is 2.44. The van der Waals surface area contributed by atoms with Gasteiger partial charge in [-0.3, -0.25) is 0 Å². The lowest BCUT2D eigenvalue weighted by Gasteiger charge is -2.28. The van der Waals surface area contributed by atoms with E-state index in [9.17, 15) is 0 Å². The van der Waals surface area contributed by atoms with Crippen molar-refractivity contribution in [1.29, 1.82) is 0 Å². The maximum absolute atomic E-state index is 5.65. The van der Waals surface area contributed by atoms with Crippen LogP contribution in [0.2, 0.25) is 0 Å². The van der Waals surface area contributed by atoms with Crippen LogP contribution >= 0.6 is 23.0 Å². The van der Waals surface area contributed by atoms with Gasteiger partial charge in [0.05, 0.1) is 0 Å². The SMILES string of the molecule is Cc1cc(C(C)(C)C)c(OI)c(C(C)(C)C)c1. The van der Waals surface area contributed by atoms with E-state index in [0.29, 0.717) is 0 Å². The molecule has 0 bridgehead atoms. The van der Waals surface area contributed by atoms with Gasteiger partial charge in [-0.05, 0) is 17.8 Å². The van der Waals surface area contributed by atoms with Gasteiger partial charge in [-0.1, -0.05) is 59.2 Å². The first-order valence-electron chi connectivity index (χ1n) is 6.01. The van der Waals surface area contributed by atoms with Crippen LogP contribution in [0, 0.1) is 6.92 Å². The van der Waals surface area contributed by atoms with Crippen LogP contribution in [0.25, 0.3) is 0 Å². The molecule has 0 radical (unpaired) electrons. The average molecular weight is 346 g/mol. The van der Waals surface area contributed by atoms with E-state index in [1.54, 1.807) is 0 Å². The molecule has 0 aliphatic heterocycles. The first-order valence-corrected chi connectivity index (χ1v) is 6.89. The van der Waals surface area contributed by atoms with Crippen molar-refractivity contribution >= 4 is 23.0 Å². The van der Waals surface area contributed by atoms with Crippen LogP contribution in [-0.2, 0) is 10.8 Å². The van der Waals surface area contributed by atoms with Crippen LogP contribution < -0.4 is 3.07 Å². The van der Waals surface area contributed by atoms with Crippen LogP contribution in [0.5, 0.6) is 5.75 Å². The zero-order chi connectivity index (χ0) is 13.4. The summed E-state index contributed by atoms with van der Waals surface area (Å²) >= 11 is 2.00. The second-order valence-corrected chi connectivity index (χ2v) is 7.21. The first kappa shape index (κ1) is 14.8. The van der Waals surface area contributed by atoms with Crippen molar-refractivity contribution in [3.8, 4) is 5.75 Å². The third kappa shape index (κ3) is 3.36. The van der Waals surface area contributed by atoms with E-state index in [1.807, 2.05) is 23.0 Å². The zero-order valence-electron chi connectivity index (χ0n) is 11.9. The van der Waals surface area contributed by atoms with Crippen molar-refractivity contribution in [2.24, 2.45) is 0 Å². The molecule has 2 heteroatoms. The van der Waals surface area contributed by atoms with Gasteiger partial charge in [-0.25, -0.2) is 0 Å². The summed E-state index contributed by atoms with van der Waals surface area (Å²) in [6, 6.07) is 4.48. The highest BCUT2D eigenvalue weighted by molar-refractivity contribution is 14.1. The molecule has 0 aromatic heterocycles. The summed E-state index contributed by atoms with van der Waals surface area (Å²) in [4.78, 5) is 0. The molecule has 0 amide bonds. The topological polar surface area (TPSA) is 9.23 Å². The van der Waals surface area contributed by atoms with E-state index in [4.69, 9.17) is 3.07 Å². The third-order valence-corrected chi connectivity index (χ3v) is 3.37. The quantitative estimate of drug-likeness (QED) is 0.626. The standard InChI is InChI=1S/C15H23IO/c1-10-8-11(14(2,3)4)13(17-16)12(9-10)15(5,6)7/h8-9H,1-7H3. The third-order valence-electron chi connectivity index (χ3n) is 2.93. The van der Waals surface area contributed by atoms with Crippen LogP contribution in [0.1, 0.15) is 58.2 Å². The van der Waals surface area contributed by atoms with E-state index in [-0.39, 0.29) is 10.8 Å². The van der Waals surface area contributed by atoms with E-state index < -0.39 is 0 Å². The van der Waals surface area contributed by atoms with Crippen LogP contribution in [0.15, 0.2) is 12.1 Å². The first-order chi connectivity index (χ1) is 7.57. The Bertz CT molecular complexity index is 373. The predicted octanol–water partition coefficient (Wildman–Crippen LogP) is 5.32. The molecule has 0 atom stereocenters. The van der Waals surface area contributed by atoms with Crippen LogP contribution in [0.4, 0.5) is 0 Å². The highest BCUT2D eigenvalue weighted by atomic mass is 127. The van der Waals surface area contributed by atoms with Crippen molar-refractivity contribution in [3.05, 3.63) is 28.8 Å². The predicted molar refractivity (Wildman–Crippen MR) is 83.2 cm³/mol. The Labute approximate surface area is 120 Å². The Hall–Kier alpha value is -0.250. The van der Waals surface area contributed by atoms with Gasteiger partial charge < -0.3 is 3.07 Å². The monoisotopic (exact) mass is 346 g/mol. The minimum absolute atomic E-state index is 0.104. The summed E-state index contributed by atoms with van der Waals surface area (Å²) in [5.74, 6) is 1.04. The molecule has 17 heavy (non-hydrogen) atoms. The van der Waals surface area contributed by atoms with Gasteiger partial charge in [0, 0.05) is 11.1 Å². The molecule has 0 spiro atoms. The lowest BCUT2D eigenvalue weighted by molar-refractivity contribution is 0.526. The highest BCUT2D eigenvalue weighted by Crippen LogP contribution is 2.41. The van der Waals surface area contributed by atoms with Crippen LogP contribution in [-0.4, -0.2) is 0 Å². The molecular formula is C15H23IO. The molecular weight excluding hydrogens is 323 g/mol. The molecule has 0 unspecified atom stereocenters. The van der Waals surface area contributed by atoms with Crippen molar-refractivity contribution in [1.82, 2.24) is 0 Å². The number of aryl methyl sites for hydroxylation is 1. The second-order valence-electron chi connectivity index (χ2n) is 6.77.